The van der Waals surface area contributed by atoms with Gasteiger partial charge in [0.15, 0.2) is 17.3 Å². The number of ketones is 1. The molecule has 2 aromatic carbocycles. The minimum absolute atomic E-state index is 0.0147. The van der Waals surface area contributed by atoms with E-state index in [2.05, 4.69) is 0 Å². The van der Waals surface area contributed by atoms with E-state index < -0.39 is 11.6 Å². The van der Waals surface area contributed by atoms with Gasteiger partial charge in [-0.05, 0) is 30.3 Å². The van der Waals surface area contributed by atoms with E-state index in [9.17, 15) is 9.18 Å². The van der Waals surface area contributed by atoms with E-state index in [-0.39, 0.29) is 16.9 Å². The smallest absolute Gasteiger partial charge is 0.196 e. The summed E-state index contributed by atoms with van der Waals surface area (Å²) in [6.45, 7) is 0. The molecule has 0 aliphatic rings. The molecule has 2 rings (SSSR count). The van der Waals surface area contributed by atoms with Gasteiger partial charge in [0.05, 0.1) is 12.7 Å². The molecule has 0 radical (unpaired) electrons. The number of carbonyl (C=O) groups excluding carboxylic acids is 1. The summed E-state index contributed by atoms with van der Waals surface area (Å²) in [6.07, 6.45) is 0. The summed E-state index contributed by atoms with van der Waals surface area (Å²) in [4.78, 5) is 12.2. The van der Waals surface area contributed by atoms with Crippen LogP contribution in [0.1, 0.15) is 15.9 Å². The zero-order valence-electron chi connectivity index (χ0n) is 10.1. The Morgan fingerprint density at radius 1 is 1.32 bits per heavy atom. The Bertz CT molecular complexity index is 623. The molecule has 0 spiro atoms. The first kappa shape index (κ1) is 13.4. The first-order valence-corrected chi connectivity index (χ1v) is 5.84. The van der Waals surface area contributed by atoms with E-state index in [1.165, 1.54) is 37.4 Å². The number of halogens is 2. The van der Waals surface area contributed by atoms with Crippen LogP contribution >= 0.6 is 11.6 Å². The molecule has 2 N–H and O–H groups in total. The molecule has 0 aliphatic carbocycles. The molecular weight excluding hydrogens is 269 g/mol. The van der Waals surface area contributed by atoms with Crippen LogP contribution in [0.2, 0.25) is 5.02 Å². The molecule has 0 bridgehead atoms. The summed E-state index contributed by atoms with van der Waals surface area (Å²) < 4.78 is 18.8. The van der Waals surface area contributed by atoms with Crippen LogP contribution in [0.3, 0.4) is 0 Å². The van der Waals surface area contributed by atoms with Crippen molar-refractivity contribution in [3.05, 3.63) is 58.4 Å². The summed E-state index contributed by atoms with van der Waals surface area (Å²) >= 11 is 5.83. The quantitative estimate of drug-likeness (QED) is 0.693. The van der Waals surface area contributed by atoms with Gasteiger partial charge < -0.3 is 10.5 Å². The van der Waals surface area contributed by atoms with Crippen LogP contribution in [-0.4, -0.2) is 12.9 Å². The zero-order valence-corrected chi connectivity index (χ0v) is 10.9. The molecule has 0 aliphatic heterocycles. The molecule has 98 valence electrons. The van der Waals surface area contributed by atoms with Crippen molar-refractivity contribution in [1.82, 2.24) is 0 Å². The second kappa shape index (κ2) is 5.28. The van der Waals surface area contributed by atoms with Crippen molar-refractivity contribution in [3.8, 4) is 5.75 Å². The second-order valence-electron chi connectivity index (χ2n) is 3.92. The lowest BCUT2D eigenvalue weighted by atomic mass is 10.0. The highest BCUT2D eigenvalue weighted by atomic mass is 35.5. The van der Waals surface area contributed by atoms with Gasteiger partial charge in [0.1, 0.15) is 0 Å². The van der Waals surface area contributed by atoms with Gasteiger partial charge in [0, 0.05) is 16.3 Å². The average molecular weight is 280 g/mol. The standard InChI is InChI=1S/C14H11ClFNO2/c1-19-12-4-2-3-11(13(12)16)14(18)8-5-9(15)7-10(17)6-8/h2-7H,17H2,1H3. The molecule has 0 saturated carbocycles. The number of methoxy groups -OCH3 is 1. The largest absolute Gasteiger partial charge is 0.494 e. The molecule has 0 atom stereocenters. The summed E-state index contributed by atoms with van der Waals surface area (Å²) in [7, 11) is 1.34. The fraction of sp³-hybridized carbons (Fsp3) is 0.0714. The van der Waals surface area contributed by atoms with Crippen LogP contribution < -0.4 is 10.5 Å². The fourth-order valence-corrected chi connectivity index (χ4v) is 1.99. The molecular formula is C14H11ClFNO2. The van der Waals surface area contributed by atoms with E-state index >= 15 is 0 Å². The van der Waals surface area contributed by atoms with Crippen molar-refractivity contribution in [1.29, 1.82) is 0 Å². The number of hydrogen-bond donors (Lipinski definition) is 1. The molecule has 2 aromatic rings. The van der Waals surface area contributed by atoms with E-state index in [1.807, 2.05) is 0 Å². The monoisotopic (exact) mass is 279 g/mol. The van der Waals surface area contributed by atoms with E-state index in [1.54, 1.807) is 6.07 Å². The van der Waals surface area contributed by atoms with Crippen LogP contribution in [0.5, 0.6) is 5.75 Å². The maximum Gasteiger partial charge on any atom is 0.196 e. The number of rotatable bonds is 3. The Hall–Kier alpha value is -2.07. The van der Waals surface area contributed by atoms with Crippen molar-refractivity contribution >= 4 is 23.1 Å². The van der Waals surface area contributed by atoms with Crippen LogP contribution in [0.15, 0.2) is 36.4 Å². The maximum absolute atomic E-state index is 14.0. The molecule has 0 fully saturated rings. The molecule has 19 heavy (non-hydrogen) atoms. The van der Waals surface area contributed by atoms with Gasteiger partial charge in [-0.3, -0.25) is 4.79 Å². The van der Waals surface area contributed by atoms with Crippen LogP contribution in [0.25, 0.3) is 0 Å². The number of carbonyl (C=O) groups is 1. The lowest BCUT2D eigenvalue weighted by Crippen LogP contribution is -2.06. The van der Waals surface area contributed by atoms with Gasteiger partial charge >= 0.3 is 0 Å². The molecule has 0 amide bonds. The molecule has 0 aromatic heterocycles. The Morgan fingerprint density at radius 2 is 2.05 bits per heavy atom. The molecule has 0 unspecified atom stereocenters. The minimum atomic E-state index is -0.700. The lowest BCUT2D eigenvalue weighted by molar-refractivity contribution is 0.103. The number of benzene rings is 2. The lowest BCUT2D eigenvalue weighted by Gasteiger charge is -2.07. The van der Waals surface area contributed by atoms with Gasteiger partial charge in [-0.15, -0.1) is 0 Å². The SMILES string of the molecule is COc1cccc(C(=O)c2cc(N)cc(Cl)c2)c1F. The Labute approximate surface area is 114 Å². The summed E-state index contributed by atoms with van der Waals surface area (Å²) in [6, 6.07) is 8.78. The average Bonchev–Trinajstić information content (AvgIpc) is 2.37. The van der Waals surface area contributed by atoms with Crippen LogP contribution in [0.4, 0.5) is 10.1 Å². The predicted octanol–water partition coefficient (Wildman–Crippen LogP) is 3.30. The summed E-state index contributed by atoms with van der Waals surface area (Å²) in [5.74, 6) is -1.18. The van der Waals surface area contributed by atoms with Gasteiger partial charge in [-0.2, -0.15) is 0 Å². The Morgan fingerprint density at radius 3 is 2.68 bits per heavy atom. The number of nitrogen functional groups attached to an aromatic ring is 1. The van der Waals surface area contributed by atoms with Crippen molar-refractivity contribution in [3.63, 3.8) is 0 Å². The number of ether oxygens (including phenoxy) is 1. The van der Waals surface area contributed by atoms with Crippen LogP contribution in [0, 0.1) is 5.82 Å². The molecule has 3 nitrogen and oxygen atoms in total. The van der Waals surface area contributed by atoms with E-state index in [0.29, 0.717) is 10.7 Å². The zero-order chi connectivity index (χ0) is 14.0. The van der Waals surface area contributed by atoms with E-state index in [0.717, 1.165) is 0 Å². The van der Waals surface area contributed by atoms with Crippen molar-refractivity contribution in [2.75, 3.05) is 12.8 Å². The third-order valence-corrected chi connectivity index (χ3v) is 2.83. The van der Waals surface area contributed by atoms with Gasteiger partial charge in [0.2, 0.25) is 0 Å². The number of hydrogen-bond acceptors (Lipinski definition) is 3. The van der Waals surface area contributed by atoms with Gasteiger partial charge in [-0.25, -0.2) is 4.39 Å². The Kier molecular flexibility index (Phi) is 3.71. The fourth-order valence-electron chi connectivity index (χ4n) is 1.74. The van der Waals surface area contributed by atoms with Crippen molar-refractivity contribution < 1.29 is 13.9 Å². The molecule has 0 heterocycles. The summed E-state index contributed by atoms with van der Waals surface area (Å²) in [5.41, 5.74) is 6.11. The van der Waals surface area contributed by atoms with Gasteiger partial charge in [-0.1, -0.05) is 17.7 Å². The van der Waals surface area contributed by atoms with E-state index in [4.69, 9.17) is 22.1 Å². The highest BCUT2D eigenvalue weighted by Gasteiger charge is 2.17. The molecule has 0 saturated heterocycles. The van der Waals surface area contributed by atoms with Crippen molar-refractivity contribution in [2.45, 2.75) is 0 Å². The minimum Gasteiger partial charge on any atom is -0.494 e. The van der Waals surface area contributed by atoms with Gasteiger partial charge in [0.25, 0.3) is 0 Å². The highest BCUT2D eigenvalue weighted by molar-refractivity contribution is 6.31. The number of anilines is 1. The third kappa shape index (κ3) is 2.69. The maximum atomic E-state index is 14.0. The highest BCUT2D eigenvalue weighted by Crippen LogP contribution is 2.24. The Balaban J connectivity index is 2.50. The van der Waals surface area contributed by atoms with Crippen LogP contribution in [-0.2, 0) is 0 Å². The molecule has 5 heteroatoms. The normalized spacial score (nSPS) is 10.3. The number of nitrogens with two attached hydrogens (primary N) is 1. The van der Waals surface area contributed by atoms with Crippen molar-refractivity contribution in [2.24, 2.45) is 0 Å². The predicted molar refractivity (Wildman–Crippen MR) is 72.2 cm³/mol. The topological polar surface area (TPSA) is 52.3 Å². The third-order valence-electron chi connectivity index (χ3n) is 2.61. The first-order chi connectivity index (χ1) is 9.02. The second-order valence-corrected chi connectivity index (χ2v) is 4.36. The first-order valence-electron chi connectivity index (χ1n) is 5.46. The summed E-state index contributed by atoms with van der Waals surface area (Å²) in [5, 5.41) is 0.326.